The molecule has 7 heteroatoms. The molecule has 3 N–H and O–H groups in total. The number of aliphatic hydroxyl groups excluding tert-OH is 3. The first-order valence-corrected chi connectivity index (χ1v) is 6.44. The molecule has 1 aromatic rings. The lowest BCUT2D eigenvalue weighted by Gasteiger charge is -2.34. The van der Waals surface area contributed by atoms with Crippen molar-refractivity contribution in [1.82, 2.24) is 4.98 Å². The maximum absolute atomic E-state index is 9.72. The molecule has 2 heterocycles. The van der Waals surface area contributed by atoms with Gasteiger partial charge in [-0.3, -0.25) is 0 Å². The number of rotatable bonds is 2. The number of hydrogen-bond donors (Lipinski definition) is 3. The lowest BCUT2D eigenvalue weighted by molar-refractivity contribution is -0.0786. The number of halogens is 1. The van der Waals surface area contributed by atoms with Crippen molar-refractivity contribution in [3.63, 3.8) is 0 Å². The summed E-state index contributed by atoms with van der Waals surface area (Å²) in [5.41, 5.74) is -0.628. The van der Waals surface area contributed by atoms with Crippen molar-refractivity contribution < 1.29 is 20.1 Å². The number of aliphatic hydroxyl groups is 3. The second-order valence-electron chi connectivity index (χ2n) is 3.68. The molecule has 1 aliphatic rings. The van der Waals surface area contributed by atoms with Gasteiger partial charge in [0.25, 0.3) is 0 Å². The third kappa shape index (κ3) is 3.02. The van der Waals surface area contributed by atoms with Crippen LogP contribution in [0.4, 0.5) is 0 Å². The minimum atomic E-state index is -1.19. The Morgan fingerprint density at radius 1 is 1.29 bits per heavy atom. The number of thioether (sulfide) groups is 1. The van der Waals surface area contributed by atoms with Crippen LogP contribution in [0.15, 0.2) is 18.3 Å². The fourth-order valence-corrected chi connectivity index (χ4v) is 2.68. The SMILES string of the molecule is O[C@@H]1[C@@H](O)[C@@H](Oc2ccc(Cl)nc2)SC[C@H]1O. The summed E-state index contributed by atoms with van der Waals surface area (Å²) in [5.74, 6) is 0.763. The lowest BCUT2D eigenvalue weighted by atomic mass is 10.1. The fourth-order valence-electron chi connectivity index (χ4n) is 1.45. The van der Waals surface area contributed by atoms with E-state index < -0.39 is 23.7 Å². The van der Waals surface area contributed by atoms with E-state index in [9.17, 15) is 15.3 Å². The van der Waals surface area contributed by atoms with E-state index in [-0.39, 0.29) is 0 Å². The van der Waals surface area contributed by atoms with E-state index in [1.165, 1.54) is 18.0 Å². The highest BCUT2D eigenvalue weighted by atomic mass is 35.5. The Bertz CT molecular complexity index is 377. The van der Waals surface area contributed by atoms with Crippen molar-refractivity contribution in [2.75, 3.05) is 5.75 Å². The molecule has 1 fully saturated rings. The van der Waals surface area contributed by atoms with E-state index in [4.69, 9.17) is 16.3 Å². The Labute approximate surface area is 107 Å². The van der Waals surface area contributed by atoms with Crippen molar-refractivity contribution in [1.29, 1.82) is 0 Å². The van der Waals surface area contributed by atoms with Gasteiger partial charge < -0.3 is 20.1 Å². The second kappa shape index (κ2) is 5.41. The summed E-state index contributed by atoms with van der Waals surface area (Å²) in [6.45, 7) is 0. The van der Waals surface area contributed by atoms with Crippen LogP contribution < -0.4 is 4.74 Å². The van der Waals surface area contributed by atoms with Crippen molar-refractivity contribution in [3.8, 4) is 5.75 Å². The van der Waals surface area contributed by atoms with Gasteiger partial charge in [0, 0.05) is 5.75 Å². The van der Waals surface area contributed by atoms with E-state index in [0.717, 1.165) is 0 Å². The molecule has 0 aliphatic carbocycles. The van der Waals surface area contributed by atoms with E-state index >= 15 is 0 Å². The first-order valence-electron chi connectivity index (χ1n) is 5.02. The molecular formula is C10H12ClNO4S. The Balaban J connectivity index is 2.01. The van der Waals surface area contributed by atoms with E-state index in [2.05, 4.69) is 4.98 Å². The molecule has 1 aromatic heterocycles. The van der Waals surface area contributed by atoms with Crippen LogP contribution in [0.2, 0.25) is 5.15 Å². The zero-order valence-electron chi connectivity index (χ0n) is 8.73. The van der Waals surface area contributed by atoms with Gasteiger partial charge in [0.05, 0.1) is 12.3 Å². The van der Waals surface area contributed by atoms with Crippen LogP contribution in [0.5, 0.6) is 5.75 Å². The van der Waals surface area contributed by atoms with Crippen LogP contribution >= 0.6 is 23.4 Å². The molecule has 0 aromatic carbocycles. The molecule has 4 atom stereocenters. The fraction of sp³-hybridized carbons (Fsp3) is 0.500. The zero-order valence-corrected chi connectivity index (χ0v) is 10.3. The number of ether oxygens (including phenoxy) is 1. The number of nitrogens with zero attached hydrogens (tertiary/aromatic N) is 1. The molecule has 2 rings (SSSR count). The third-order valence-corrected chi connectivity index (χ3v) is 3.87. The smallest absolute Gasteiger partial charge is 0.173 e. The van der Waals surface area contributed by atoms with Gasteiger partial charge in [-0.1, -0.05) is 11.6 Å². The predicted octanol–water partition coefficient (Wildman–Crippen LogP) is 0.269. The topological polar surface area (TPSA) is 82.8 Å². The zero-order chi connectivity index (χ0) is 12.4. The molecule has 94 valence electrons. The minimum Gasteiger partial charge on any atom is -0.475 e. The Hall–Kier alpha value is -0.530. The third-order valence-electron chi connectivity index (χ3n) is 2.41. The molecule has 0 amide bonds. The maximum atomic E-state index is 9.72. The van der Waals surface area contributed by atoms with Crippen LogP contribution in [0.1, 0.15) is 0 Å². The largest absolute Gasteiger partial charge is 0.475 e. The standard InChI is InChI=1S/C10H12ClNO4S/c11-7-2-1-5(3-12-7)16-10-9(15)8(14)6(13)4-17-10/h1-3,6,8-10,13-15H,4H2/t6-,8+,9-,10+/m1/s1. The van der Waals surface area contributed by atoms with Gasteiger partial charge in [0.2, 0.25) is 0 Å². The average molecular weight is 278 g/mol. The van der Waals surface area contributed by atoms with Crippen LogP contribution in [-0.4, -0.2) is 49.8 Å². The molecule has 17 heavy (non-hydrogen) atoms. The number of aromatic nitrogens is 1. The molecule has 0 radical (unpaired) electrons. The molecule has 0 bridgehead atoms. The van der Waals surface area contributed by atoms with Gasteiger partial charge >= 0.3 is 0 Å². The summed E-state index contributed by atoms with van der Waals surface area (Å²) in [4.78, 5) is 3.84. The highest BCUT2D eigenvalue weighted by Crippen LogP contribution is 2.29. The minimum absolute atomic E-state index is 0.309. The van der Waals surface area contributed by atoms with Gasteiger partial charge in [-0.2, -0.15) is 0 Å². The van der Waals surface area contributed by atoms with Crippen molar-refractivity contribution in [3.05, 3.63) is 23.5 Å². The van der Waals surface area contributed by atoms with Gasteiger partial charge in [-0.05, 0) is 12.1 Å². The monoisotopic (exact) mass is 277 g/mol. The van der Waals surface area contributed by atoms with E-state index in [0.29, 0.717) is 16.7 Å². The first-order chi connectivity index (χ1) is 8.08. The summed E-state index contributed by atoms with van der Waals surface area (Å²) in [6, 6.07) is 3.20. The van der Waals surface area contributed by atoms with Crippen LogP contribution in [0.3, 0.4) is 0 Å². The van der Waals surface area contributed by atoms with Crippen LogP contribution in [0.25, 0.3) is 0 Å². The van der Waals surface area contributed by atoms with Crippen LogP contribution in [-0.2, 0) is 0 Å². The summed E-state index contributed by atoms with van der Waals surface area (Å²) < 4.78 is 5.46. The Morgan fingerprint density at radius 2 is 2.06 bits per heavy atom. The summed E-state index contributed by atoms with van der Waals surface area (Å²) in [7, 11) is 0. The number of hydrogen-bond acceptors (Lipinski definition) is 6. The molecule has 1 aliphatic heterocycles. The molecule has 0 unspecified atom stereocenters. The highest BCUT2D eigenvalue weighted by molar-refractivity contribution is 7.99. The van der Waals surface area contributed by atoms with Crippen molar-refractivity contribution >= 4 is 23.4 Å². The quantitative estimate of drug-likeness (QED) is 0.673. The lowest BCUT2D eigenvalue weighted by Crippen LogP contribution is -2.50. The average Bonchev–Trinajstić information content (AvgIpc) is 2.33. The van der Waals surface area contributed by atoms with Crippen LogP contribution in [0, 0.1) is 0 Å². The Kier molecular flexibility index (Phi) is 4.11. The molecule has 5 nitrogen and oxygen atoms in total. The number of pyridine rings is 1. The molecule has 0 saturated carbocycles. The van der Waals surface area contributed by atoms with Crippen molar-refractivity contribution in [2.45, 2.75) is 23.7 Å². The predicted molar refractivity (Wildman–Crippen MR) is 64.1 cm³/mol. The molecule has 1 saturated heterocycles. The van der Waals surface area contributed by atoms with E-state index in [1.54, 1.807) is 12.1 Å². The Morgan fingerprint density at radius 3 is 2.71 bits per heavy atom. The summed E-state index contributed by atoms with van der Waals surface area (Å²) in [6.07, 6.45) is -1.83. The molecular weight excluding hydrogens is 266 g/mol. The summed E-state index contributed by atoms with van der Waals surface area (Å²) >= 11 is 6.87. The second-order valence-corrected chi connectivity index (χ2v) is 5.20. The summed E-state index contributed by atoms with van der Waals surface area (Å²) in [5, 5.41) is 28.9. The highest BCUT2D eigenvalue weighted by Gasteiger charge is 2.38. The van der Waals surface area contributed by atoms with Gasteiger partial charge in [-0.25, -0.2) is 4.98 Å². The van der Waals surface area contributed by atoms with Crippen molar-refractivity contribution in [2.24, 2.45) is 0 Å². The van der Waals surface area contributed by atoms with E-state index in [1.807, 2.05) is 0 Å². The van der Waals surface area contributed by atoms with Gasteiger partial charge in [-0.15, -0.1) is 11.8 Å². The normalized spacial score (nSPS) is 33.4. The first kappa shape index (κ1) is 12.9. The van der Waals surface area contributed by atoms with Gasteiger partial charge in [0.1, 0.15) is 23.1 Å². The van der Waals surface area contributed by atoms with Gasteiger partial charge in [0.15, 0.2) is 5.44 Å². The maximum Gasteiger partial charge on any atom is 0.173 e. The molecule has 0 spiro atoms.